The van der Waals surface area contributed by atoms with Crippen molar-refractivity contribution < 1.29 is 4.79 Å². The average molecular weight is 318 g/mol. The number of aromatic nitrogens is 2. The van der Waals surface area contributed by atoms with Gasteiger partial charge in [-0.1, -0.05) is 6.07 Å². The van der Waals surface area contributed by atoms with E-state index in [1.54, 1.807) is 30.6 Å². The molecule has 2 heterocycles. The zero-order chi connectivity index (χ0) is 16.9. The summed E-state index contributed by atoms with van der Waals surface area (Å²) < 4.78 is 0. The molecule has 5 nitrogen and oxygen atoms in total. The number of rotatable bonds is 4. The lowest BCUT2D eigenvalue weighted by atomic mass is 10.1. The predicted octanol–water partition coefficient (Wildman–Crippen LogP) is 4.09. The van der Waals surface area contributed by atoms with Crippen LogP contribution in [-0.4, -0.2) is 15.9 Å². The van der Waals surface area contributed by atoms with Crippen LogP contribution in [0.25, 0.3) is 0 Å². The van der Waals surface area contributed by atoms with Gasteiger partial charge in [-0.25, -0.2) is 4.98 Å². The Kier molecular flexibility index (Phi) is 4.52. The van der Waals surface area contributed by atoms with Gasteiger partial charge in [0.25, 0.3) is 5.91 Å². The molecule has 0 saturated carbocycles. The first-order valence-corrected chi connectivity index (χ1v) is 7.63. The van der Waals surface area contributed by atoms with Crippen LogP contribution in [0.5, 0.6) is 0 Å². The molecule has 0 atom stereocenters. The Balaban J connectivity index is 1.68. The van der Waals surface area contributed by atoms with Gasteiger partial charge in [-0.3, -0.25) is 9.78 Å². The van der Waals surface area contributed by atoms with Crippen LogP contribution in [0.2, 0.25) is 0 Å². The molecule has 5 heteroatoms. The van der Waals surface area contributed by atoms with Crippen LogP contribution in [-0.2, 0) is 0 Å². The lowest BCUT2D eigenvalue weighted by molar-refractivity contribution is 0.102. The maximum absolute atomic E-state index is 12.1. The van der Waals surface area contributed by atoms with Gasteiger partial charge >= 0.3 is 0 Å². The van der Waals surface area contributed by atoms with Gasteiger partial charge in [-0.2, -0.15) is 0 Å². The molecule has 3 aromatic rings. The summed E-state index contributed by atoms with van der Waals surface area (Å²) in [6.45, 7) is 4.13. The maximum atomic E-state index is 12.1. The van der Waals surface area contributed by atoms with Gasteiger partial charge < -0.3 is 10.6 Å². The highest BCUT2D eigenvalue weighted by molar-refractivity contribution is 6.03. The number of carbonyl (C=O) groups is 1. The number of nitrogens with zero attached hydrogens (tertiary/aromatic N) is 2. The topological polar surface area (TPSA) is 66.9 Å². The molecule has 0 aliphatic carbocycles. The second-order valence-electron chi connectivity index (χ2n) is 5.63. The van der Waals surface area contributed by atoms with Crippen molar-refractivity contribution in [2.75, 3.05) is 10.6 Å². The molecule has 2 N–H and O–H groups in total. The van der Waals surface area contributed by atoms with Crippen molar-refractivity contribution in [2.45, 2.75) is 13.8 Å². The zero-order valence-electron chi connectivity index (χ0n) is 13.6. The Morgan fingerprint density at radius 1 is 0.958 bits per heavy atom. The lowest BCUT2D eigenvalue weighted by Crippen LogP contribution is -2.13. The Morgan fingerprint density at radius 3 is 2.38 bits per heavy atom. The lowest BCUT2D eigenvalue weighted by Gasteiger charge is -2.09. The number of hydrogen-bond donors (Lipinski definition) is 2. The SMILES string of the molecule is Cc1cc(C)cc(Nc2ccc(NC(=O)c3cccnc3)nc2)c1. The van der Waals surface area contributed by atoms with Crippen LogP contribution in [0.4, 0.5) is 17.2 Å². The van der Waals surface area contributed by atoms with E-state index in [1.165, 1.54) is 17.3 Å². The summed E-state index contributed by atoms with van der Waals surface area (Å²) in [7, 11) is 0. The van der Waals surface area contributed by atoms with Crippen molar-refractivity contribution >= 4 is 23.1 Å². The van der Waals surface area contributed by atoms with Crippen molar-refractivity contribution in [1.82, 2.24) is 9.97 Å². The Morgan fingerprint density at radius 2 is 1.75 bits per heavy atom. The molecular weight excluding hydrogens is 300 g/mol. The Hall–Kier alpha value is -3.21. The van der Waals surface area contributed by atoms with Crippen LogP contribution >= 0.6 is 0 Å². The minimum absolute atomic E-state index is 0.231. The molecule has 0 bridgehead atoms. The first-order valence-electron chi connectivity index (χ1n) is 7.63. The van der Waals surface area contributed by atoms with E-state index < -0.39 is 0 Å². The van der Waals surface area contributed by atoms with Gasteiger partial charge in [-0.05, 0) is 61.4 Å². The van der Waals surface area contributed by atoms with Gasteiger partial charge in [0.15, 0.2) is 0 Å². The number of benzene rings is 1. The fourth-order valence-corrected chi connectivity index (χ4v) is 2.44. The number of carbonyl (C=O) groups excluding carboxylic acids is 1. The average Bonchev–Trinajstić information content (AvgIpc) is 2.56. The smallest absolute Gasteiger partial charge is 0.258 e. The number of anilines is 3. The third kappa shape index (κ3) is 3.95. The summed E-state index contributed by atoms with van der Waals surface area (Å²) in [4.78, 5) is 20.3. The molecule has 1 aromatic carbocycles. The fraction of sp³-hybridized carbons (Fsp3) is 0.105. The van der Waals surface area contributed by atoms with Crippen molar-refractivity contribution in [3.63, 3.8) is 0 Å². The number of hydrogen-bond acceptors (Lipinski definition) is 4. The molecule has 0 aliphatic heterocycles. The van der Waals surface area contributed by atoms with Crippen LogP contribution in [0.3, 0.4) is 0 Å². The summed E-state index contributed by atoms with van der Waals surface area (Å²) in [5, 5.41) is 6.06. The highest BCUT2D eigenvalue weighted by Crippen LogP contribution is 2.20. The third-order valence-corrected chi connectivity index (χ3v) is 3.44. The van der Waals surface area contributed by atoms with E-state index in [1.807, 2.05) is 6.07 Å². The monoisotopic (exact) mass is 318 g/mol. The molecule has 24 heavy (non-hydrogen) atoms. The minimum atomic E-state index is -0.231. The normalized spacial score (nSPS) is 10.2. The predicted molar refractivity (Wildman–Crippen MR) is 95.6 cm³/mol. The number of aryl methyl sites for hydroxylation is 2. The number of pyridine rings is 2. The van der Waals surface area contributed by atoms with Crippen molar-refractivity contribution in [3.8, 4) is 0 Å². The second kappa shape index (κ2) is 6.91. The van der Waals surface area contributed by atoms with Gasteiger partial charge in [0.05, 0.1) is 17.4 Å². The molecule has 120 valence electrons. The van der Waals surface area contributed by atoms with Crippen LogP contribution < -0.4 is 10.6 Å². The molecule has 1 amide bonds. The minimum Gasteiger partial charge on any atom is -0.354 e. The summed E-state index contributed by atoms with van der Waals surface area (Å²) in [5.74, 6) is 0.264. The van der Waals surface area contributed by atoms with E-state index in [2.05, 4.69) is 52.6 Å². The van der Waals surface area contributed by atoms with Gasteiger partial charge in [0, 0.05) is 18.1 Å². The van der Waals surface area contributed by atoms with Crippen LogP contribution in [0.1, 0.15) is 21.5 Å². The van der Waals surface area contributed by atoms with E-state index in [0.717, 1.165) is 11.4 Å². The quantitative estimate of drug-likeness (QED) is 0.760. The highest BCUT2D eigenvalue weighted by atomic mass is 16.1. The maximum Gasteiger partial charge on any atom is 0.258 e. The highest BCUT2D eigenvalue weighted by Gasteiger charge is 2.06. The van der Waals surface area contributed by atoms with Crippen LogP contribution in [0, 0.1) is 13.8 Å². The van der Waals surface area contributed by atoms with Gasteiger partial charge in [0.1, 0.15) is 5.82 Å². The summed E-state index contributed by atoms with van der Waals surface area (Å²) in [6, 6.07) is 13.3. The molecule has 0 radical (unpaired) electrons. The molecule has 2 aromatic heterocycles. The van der Waals surface area contributed by atoms with E-state index in [0.29, 0.717) is 11.4 Å². The first-order chi connectivity index (χ1) is 11.6. The largest absolute Gasteiger partial charge is 0.354 e. The molecule has 0 fully saturated rings. The zero-order valence-corrected chi connectivity index (χ0v) is 13.6. The van der Waals surface area contributed by atoms with E-state index >= 15 is 0 Å². The molecule has 3 rings (SSSR count). The van der Waals surface area contributed by atoms with Crippen molar-refractivity contribution in [1.29, 1.82) is 0 Å². The van der Waals surface area contributed by atoms with Crippen LogP contribution in [0.15, 0.2) is 61.1 Å². The van der Waals surface area contributed by atoms with Gasteiger partial charge in [-0.15, -0.1) is 0 Å². The molecule has 0 saturated heterocycles. The summed E-state index contributed by atoms with van der Waals surface area (Å²) >= 11 is 0. The molecular formula is C19H18N4O. The standard InChI is InChI=1S/C19H18N4O/c1-13-8-14(2)10-17(9-13)22-16-5-6-18(21-12-16)23-19(24)15-4-3-7-20-11-15/h3-12,22H,1-2H3,(H,21,23,24). The molecule has 0 spiro atoms. The molecule has 0 unspecified atom stereocenters. The number of amides is 1. The van der Waals surface area contributed by atoms with Crippen molar-refractivity contribution in [3.05, 3.63) is 77.7 Å². The molecule has 0 aliphatic rings. The summed E-state index contributed by atoms with van der Waals surface area (Å²) in [5.41, 5.74) is 4.77. The Labute approximate surface area is 140 Å². The van der Waals surface area contributed by atoms with E-state index in [9.17, 15) is 4.79 Å². The second-order valence-corrected chi connectivity index (χ2v) is 5.63. The van der Waals surface area contributed by atoms with E-state index in [-0.39, 0.29) is 5.91 Å². The van der Waals surface area contributed by atoms with E-state index in [4.69, 9.17) is 0 Å². The summed E-state index contributed by atoms with van der Waals surface area (Å²) in [6.07, 6.45) is 4.84. The van der Waals surface area contributed by atoms with Gasteiger partial charge in [0.2, 0.25) is 0 Å². The Bertz CT molecular complexity index is 825. The third-order valence-electron chi connectivity index (χ3n) is 3.44. The van der Waals surface area contributed by atoms with Crippen molar-refractivity contribution in [2.24, 2.45) is 0 Å². The number of nitrogens with one attached hydrogen (secondary N) is 2. The fourth-order valence-electron chi connectivity index (χ4n) is 2.44. The first kappa shape index (κ1) is 15.7.